The van der Waals surface area contributed by atoms with E-state index < -0.39 is 0 Å². The van der Waals surface area contributed by atoms with Gasteiger partial charge in [0.05, 0.1) is 0 Å². The third-order valence-corrected chi connectivity index (χ3v) is 3.48. The largest absolute Gasteiger partial charge is 0.233 e. The number of hydrogen-bond donors (Lipinski definition) is 0. The zero-order valence-corrected chi connectivity index (χ0v) is 11.9. The Balaban J connectivity index is 2.50. The summed E-state index contributed by atoms with van der Waals surface area (Å²) < 4.78 is 0.906. The average molecular weight is 291 g/mol. The lowest BCUT2D eigenvalue weighted by molar-refractivity contribution is 0.981. The first kappa shape index (κ1) is 12.2. The van der Waals surface area contributed by atoms with Gasteiger partial charge in [0.1, 0.15) is 4.60 Å². The van der Waals surface area contributed by atoms with E-state index in [1.807, 2.05) is 6.92 Å². The Morgan fingerprint density at radius 2 is 1.71 bits per heavy atom. The number of nitrogens with zero attached hydrogens (tertiary/aromatic N) is 2. The Hall–Kier alpha value is -1.22. The third kappa shape index (κ3) is 2.55. The normalized spacial score (nSPS) is 10.6. The van der Waals surface area contributed by atoms with Gasteiger partial charge in [-0.05, 0) is 36.2 Å². The van der Waals surface area contributed by atoms with Gasteiger partial charge in [-0.2, -0.15) is 0 Å². The average Bonchev–Trinajstić information content (AvgIpc) is 2.29. The second-order valence-electron chi connectivity index (χ2n) is 4.12. The number of halogens is 1. The van der Waals surface area contributed by atoms with Crippen LogP contribution in [0.4, 0.5) is 0 Å². The van der Waals surface area contributed by atoms with E-state index in [-0.39, 0.29) is 0 Å². The van der Waals surface area contributed by atoms with Gasteiger partial charge in [-0.15, -0.1) is 0 Å². The first-order valence-corrected chi connectivity index (χ1v) is 6.51. The van der Waals surface area contributed by atoms with E-state index in [0.717, 1.165) is 28.1 Å². The van der Waals surface area contributed by atoms with Crippen LogP contribution in [0.5, 0.6) is 0 Å². The molecule has 0 N–H and O–H groups in total. The molecule has 0 spiro atoms. The first-order valence-electron chi connectivity index (χ1n) is 5.72. The molecule has 2 nitrogen and oxygen atoms in total. The Bertz CT molecular complexity index is 509. The summed E-state index contributed by atoms with van der Waals surface area (Å²) in [5.74, 6) is 0.784. The van der Waals surface area contributed by atoms with E-state index in [1.54, 1.807) is 0 Å². The number of aryl methyl sites for hydroxylation is 2. The summed E-state index contributed by atoms with van der Waals surface area (Å²) in [4.78, 5) is 9.07. The van der Waals surface area contributed by atoms with Crippen molar-refractivity contribution in [3.05, 3.63) is 45.7 Å². The lowest BCUT2D eigenvalue weighted by Gasteiger charge is -2.08. The minimum atomic E-state index is 0.784. The topological polar surface area (TPSA) is 25.8 Å². The van der Waals surface area contributed by atoms with Gasteiger partial charge in [0.2, 0.25) is 0 Å². The highest BCUT2D eigenvalue weighted by Gasteiger charge is 2.09. The Morgan fingerprint density at radius 3 is 2.24 bits per heavy atom. The van der Waals surface area contributed by atoms with Crippen molar-refractivity contribution in [2.45, 2.75) is 27.2 Å². The summed E-state index contributed by atoms with van der Waals surface area (Å²) in [6.45, 7) is 6.22. The number of benzene rings is 1. The van der Waals surface area contributed by atoms with Crippen LogP contribution in [-0.4, -0.2) is 9.97 Å². The van der Waals surface area contributed by atoms with Gasteiger partial charge < -0.3 is 0 Å². The molecular weight excluding hydrogens is 276 g/mol. The number of rotatable bonds is 2. The molecule has 0 saturated carbocycles. The summed E-state index contributed by atoms with van der Waals surface area (Å²) in [5, 5.41) is 0. The molecule has 2 aromatic rings. The van der Waals surface area contributed by atoms with Crippen molar-refractivity contribution in [3.63, 3.8) is 0 Å². The predicted molar refractivity (Wildman–Crippen MR) is 74.0 cm³/mol. The van der Waals surface area contributed by atoms with Crippen molar-refractivity contribution >= 4 is 15.9 Å². The Morgan fingerprint density at radius 1 is 1.06 bits per heavy atom. The maximum atomic E-state index is 4.56. The molecule has 0 unspecified atom stereocenters. The standard InChI is InChI=1S/C14H15BrN2/c1-4-12-10(3)16-14(17-13(12)15)11-7-5-9(2)6-8-11/h5-8H,4H2,1-3H3. The molecule has 2 rings (SSSR count). The smallest absolute Gasteiger partial charge is 0.160 e. The van der Waals surface area contributed by atoms with Crippen LogP contribution in [0.3, 0.4) is 0 Å². The SMILES string of the molecule is CCc1c(C)nc(-c2ccc(C)cc2)nc1Br. The van der Waals surface area contributed by atoms with E-state index >= 15 is 0 Å². The van der Waals surface area contributed by atoms with Gasteiger partial charge in [-0.25, -0.2) is 9.97 Å². The minimum Gasteiger partial charge on any atom is -0.233 e. The van der Waals surface area contributed by atoms with Crippen LogP contribution in [0.25, 0.3) is 11.4 Å². The van der Waals surface area contributed by atoms with Gasteiger partial charge in [0.25, 0.3) is 0 Å². The third-order valence-electron chi connectivity index (χ3n) is 2.83. The summed E-state index contributed by atoms with van der Waals surface area (Å²) >= 11 is 3.52. The van der Waals surface area contributed by atoms with Crippen LogP contribution in [0.1, 0.15) is 23.7 Å². The molecule has 1 aromatic heterocycles. The molecule has 0 amide bonds. The zero-order chi connectivity index (χ0) is 12.4. The van der Waals surface area contributed by atoms with Crippen LogP contribution < -0.4 is 0 Å². The molecule has 17 heavy (non-hydrogen) atoms. The lowest BCUT2D eigenvalue weighted by atomic mass is 10.1. The van der Waals surface area contributed by atoms with Gasteiger partial charge in [-0.1, -0.05) is 36.8 Å². The Labute approximate surface area is 110 Å². The van der Waals surface area contributed by atoms with Crippen molar-refractivity contribution in [3.8, 4) is 11.4 Å². The first-order chi connectivity index (χ1) is 8.11. The zero-order valence-electron chi connectivity index (χ0n) is 10.3. The quantitative estimate of drug-likeness (QED) is 0.779. The van der Waals surface area contributed by atoms with Gasteiger partial charge in [-0.3, -0.25) is 0 Å². The van der Waals surface area contributed by atoms with Crippen molar-refractivity contribution in [2.24, 2.45) is 0 Å². The van der Waals surface area contributed by atoms with Crippen molar-refractivity contribution in [1.29, 1.82) is 0 Å². The molecule has 1 heterocycles. The second kappa shape index (κ2) is 4.96. The monoisotopic (exact) mass is 290 g/mol. The molecule has 0 atom stereocenters. The van der Waals surface area contributed by atoms with Gasteiger partial charge in [0.15, 0.2) is 5.82 Å². The molecule has 0 aliphatic carbocycles. The van der Waals surface area contributed by atoms with E-state index in [9.17, 15) is 0 Å². The van der Waals surface area contributed by atoms with Crippen molar-refractivity contribution < 1.29 is 0 Å². The van der Waals surface area contributed by atoms with E-state index in [1.165, 1.54) is 11.1 Å². The predicted octanol–water partition coefficient (Wildman–Crippen LogP) is 4.09. The fourth-order valence-electron chi connectivity index (χ4n) is 1.79. The molecule has 0 fully saturated rings. The van der Waals surface area contributed by atoms with Crippen LogP contribution in [0.2, 0.25) is 0 Å². The van der Waals surface area contributed by atoms with Gasteiger partial charge in [0, 0.05) is 16.8 Å². The van der Waals surface area contributed by atoms with E-state index in [2.05, 4.69) is 64.0 Å². The fraction of sp³-hybridized carbons (Fsp3) is 0.286. The molecule has 0 radical (unpaired) electrons. The number of aromatic nitrogens is 2. The lowest BCUT2D eigenvalue weighted by Crippen LogP contribution is -1.99. The summed E-state index contributed by atoms with van der Waals surface area (Å²) in [7, 11) is 0. The van der Waals surface area contributed by atoms with Gasteiger partial charge >= 0.3 is 0 Å². The van der Waals surface area contributed by atoms with Crippen LogP contribution in [0.15, 0.2) is 28.9 Å². The minimum absolute atomic E-state index is 0.784. The highest BCUT2D eigenvalue weighted by atomic mass is 79.9. The summed E-state index contributed by atoms with van der Waals surface area (Å²) in [6, 6.07) is 8.27. The molecular formula is C14H15BrN2. The highest BCUT2D eigenvalue weighted by molar-refractivity contribution is 9.10. The molecule has 0 saturated heterocycles. The van der Waals surface area contributed by atoms with Crippen molar-refractivity contribution in [2.75, 3.05) is 0 Å². The molecule has 88 valence electrons. The Kier molecular flexibility index (Phi) is 3.57. The van der Waals surface area contributed by atoms with Crippen molar-refractivity contribution in [1.82, 2.24) is 9.97 Å². The highest BCUT2D eigenvalue weighted by Crippen LogP contribution is 2.23. The molecule has 1 aromatic carbocycles. The van der Waals surface area contributed by atoms with Crippen LogP contribution >= 0.6 is 15.9 Å². The van der Waals surface area contributed by atoms with E-state index in [0.29, 0.717) is 0 Å². The molecule has 0 aliphatic heterocycles. The van der Waals surface area contributed by atoms with Crippen LogP contribution in [0, 0.1) is 13.8 Å². The second-order valence-corrected chi connectivity index (χ2v) is 4.87. The summed E-state index contributed by atoms with van der Waals surface area (Å²) in [6.07, 6.45) is 0.945. The molecule has 3 heteroatoms. The summed E-state index contributed by atoms with van der Waals surface area (Å²) in [5.41, 5.74) is 4.53. The maximum Gasteiger partial charge on any atom is 0.160 e. The molecule has 0 bridgehead atoms. The fourth-order valence-corrected chi connectivity index (χ4v) is 2.53. The van der Waals surface area contributed by atoms with E-state index in [4.69, 9.17) is 0 Å². The molecule has 0 aliphatic rings. The maximum absolute atomic E-state index is 4.56. The van der Waals surface area contributed by atoms with Crippen LogP contribution in [-0.2, 0) is 6.42 Å². The number of hydrogen-bond acceptors (Lipinski definition) is 2.